The zero-order valence-corrected chi connectivity index (χ0v) is 9.06. The van der Waals surface area contributed by atoms with Gasteiger partial charge in [-0.3, -0.25) is 0 Å². The predicted molar refractivity (Wildman–Crippen MR) is 58.3 cm³/mol. The maximum absolute atomic E-state index is 5.29. The summed E-state index contributed by atoms with van der Waals surface area (Å²) >= 11 is 6.62. The summed E-state index contributed by atoms with van der Waals surface area (Å²) in [4.78, 5) is 0. The molecule has 0 aromatic rings. The summed E-state index contributed by atoms with van der Waals surface area (Å²) < 4.78 is 5.98. The van der Waals surface area contributed by atoms with Crippen LogP contribution in [0.4, 0.5) is 0 Å². The Morgan fingerprint density at radius 1 is 1.64 bits per heavy atom. The molecule has 0 atom stereocenters. The second kappa shape index (κ2) is 6.92. The first kappa shape index (κ1) is 11.2. The second-order valence-electron chi connectivity index (χ2n) is 2.62. The van der Waals surface area contributed by atoms with Gasteiger partial charge in [0.25, 0.3) is 0 Å². The van der Waals surface area contributed by atoms with Gasteiger partial charge >= 0.3 is 0 Å². The highest BCUT2D eigenvalue weighted by molar-refractivity contribution is 8.22. The normalized spacial score (nSPS) is 10.2. The number of hydrogen-bond acceptors (Lipinski definition) is 3. The highest BCUT2D eigenvalue weighted by Gasteiger charge is 1.99. The molecule has 0 unspecified atom stereocenters. The topological polar surface area (TPSA) is 9.23 Å². The number of thiocarbonyl (C=S) groups is 1. The summed E-state index contributed by atoms with van der Waals surface area (Å²) in [5.74, 6) is 1.09. The smallest absolute Gasteiger partial charge is 0.220 e. The maximum atomic E-state index is 5.29. The van der Waals surface area contributed by atoms with Crippen molar-refractivity contribution in [1.29, 1.82) is 0 Å². The van der Waals surface area contributed by atoms with E-state index in [9.17, 15) is 0 Å². The van der Waals surface area contributed by atoms with Crippen molar-refractivity contribution in [3.05, 3.63) is 0 Å². The van der Waals surface area contributed by atoms with Gasteiger partial charge in [-0.2, -0.15) is 0 Å². The summed E-state index contributed by atoms with van der Waals surface area (Å²) in [6.45, 7) is 6.16. The van der Waals surface area contributed by atoms with E-state index in [4.69, 9.17) is 17.0 Å². The fourth-order valence-corrected chi connectivity index (χ4v) is 1.83. The summed E-state index contributed by atoms with van der Waals surface area (Å²) in [7, 11) is 0. The van der Waals surface area contributed by atoms with Crippen LogP contribution in [0.2, 0.25) is 0 Å². The van der Waals surface area contributed by atoms with Crippen molar-refractivity contribution in [3.63, 3.8) is 0 Å². The summed E-state index contributed by atoms with van der Waals surface area (Å²) in [6, 6.07) is 0. The average molecular weight is 194 g/mol. The minimum absolute atomic E-state index is 0. The summed E-state index contributed by atoms with van der Waals surface area (Å²) in [5, 5.41) is 0. The lowest BCUT2D eigenvalue weighted by Crippen LogP contribution is -2.06. The Hall–Kier alpha value is 0.240. The van der Waals surface area contributed by atoms with Crippen molar-refractivity contribution in [2.75, 3.05) is 5.75 Å². The van der Waals surface area contributed by atoms with E-state index in [1.807, 2.05) is 13.8 Å². The molecule has 0 aromatic carbocycles. The molecule has 0 saturated heterocycles. The van der Waals surface area contributed by atoms with E-state index >= 15 is 0 Å². The third kappa shape index (κ3) is 8.14. The lowest BCUT2D eigenvalue weighted by Gasteiger charge is -2.08. The molecular formula is C8H18OS2. The highest BCUT2D eigenvalue weighted by atomic mass is 32.2. The van der Waals surface area contributed by atoms with Crippen LogP contribution in [0.3, 0.4) is 0 Å². The zero-order chi connectivity index (χ0) is 8.69. The van der Waals surface area contributed by atoms with E-state index in [0.29, 0.717) is 4.38 Å². The second-order valence-corrected chi connectivity index (χ2v) is 4.32. The minimum Gasteiger partial charge on any atom is -0.476 e. The van der Waals surface area contributed by atoms with Gasteiger partial charge in [-0.1, -0.05) is 25.1 Å². The van der Waals surface area contributed by atoms with Gasteiger partial charge < -0.3 is 4.74 Å². The average Bonchev–Trinajstić information content (AvgIpc) is 1.86. The predicted octanol–water partition coefficient (Wildman–Crippen LogP) is 3.48. The van der Waals surface area contributed by atoms with Gasteiger partial charge in [-0.05, 0) is 32.5 Å². The Bertz CT molecular complexity index is 118. The molecule has 0 aliphatic carbocycles. The Kier molecular flexibility index (Phi) is 7.07. The van der Waals surface area contributed by atoms with Crippen molar-refractivity contribution < 1.29 is 6.16 Å². The molecule has 0 amide bonds. The number of hydrogen-bond donors (Lipinski definition) is 0. The molecule has 0 aromatic heterocycles. The van der Waals surface area contributed by atoms with Crippen molar-refractivity contribution in [2.45, 2.75) is 39.7 Å². The molecule has 0 spiro atoms. The van der Waals surface area contributed by atoms with Crippen LogP contribution in [0.15, 0.2) is 0 Å². The zero-order valence-electron chi connectivity index (χ0n) is 7.42. The number of thioether (sulfide) groups is 1. The Morgan fingerprint density at radius 2 is 2.27 bits per heavy atom. The highest BCUT2D eigenvalue weighted by Crippen LogP contribution is 2.10. The van der Waals surface area contributed by atoms with Crippen LogP contribution in [0.25, 0.3) is 0 Å². The van der Waals surface area contributed by atoms with Crippen LogP contribution in [0.5, 0.6) is 0 Å². The van der Waals surface area contributed by atoms with Gasteiger partial charge in [-0.15, -0.1) is 0 Å². The molecule has 0 fully saturated rings. The molecule has 11 heavy (non-hydrogen) atoms. The fraction of sp³-hybridized carbons (Fsp3) is 0.875. The van der Waals surface area contributed by atoms with Crippen LogP contribution in [-0.2, 0) is 4.74 Å². The van der Waals surface area contributed by atoms with Crippen LogP contribution in [0, 0.1) is 0 Å². The van der Waals surface area contributed by atoms with E-state index in [-0.39, 0.29) is 7.53 Å². The first-order valence-electron chi connectivity index (χ1n) is 4.00. The Balaban J connectivity index is 0. The van der Waals surface area contributed by atoms with Gasteiger partial charge in [0.1, 0.15) is 0 Å². The maximum Gasteiger partial charge on any atom is 0.220 e. The molecule has 0 aliphatic rings. The largest absolute Gasteiger partial charge is 0.476 e. The number of rotatable bonds is 4. The third-order valence-electron chi connectivity index (χ3n) is 1.05. The van der Waals surface area contributed by atoms with Gasteiger partial charge in [0.2, 0.25) is 4.38 Å². The molecule has 3 heteroatoms. The molecule has 0 bridgehead atoms. The van der Waals surface area contributed by atoms with Gasteiger partial charge in [0, 0.05) is 7.18 Å². The quantitative estimate of drug-likeness (QED) is 0.501. The number of ether oxygens (including phenoxy) is 1. The lowest BCUT2D eigenvalue weighted by molar-refractivity contribution is 0.243. The van der Waals surface area contributed by atoms with E-state index in [2.05, 4.69) is 6.92 Å². The van der Waals surface area contributed by atoms with E-state index < -0.39 is 0 Å². The lowest BCUT2D eigenvalue weighted by atomic mass is 10.4. The van der Waals surface area contributed by atoms with Crippen molar-refractivity contribution in [3.8, 4) is 0 Å². The van der Waals surface area contributed by atoms with E-state index in [1.54, 1.807) is 11.8 Å². The summed E-state index contributed by atoms with van der Waals surface area (Å²) in [5.41, 5.74) is 0. The minimum atomic E-state index is 0. The standard InChI is InChI=1S/C8H16OS2.H2/c1-4-5-6-11-8(10)9-7(2)3;/h7H,4-6H2,1-3H3;1H. The first-order chi connectivity index (χ1) is 5.16. The van der Waals surface area contributed by atoms with Gasteiger partial charge in [-0.25, -0.2) is 0 Å². The monoisotopic (exact) mass is 194 g/mol. The summed E-state index contributed by atoms with van der Waals surface area (Å²) in [6.07, 6.45) is 2.65. The molecule has 0 aliphatic heterocycles. The molecule has 68 valence electrons. The Morgan fingerprint density at radius 3 is 2.73 bits per heavy atom. The molecule has 0 N–H and O–H groups in total. The molecule has 0 radical (unpaired) electrons. The van der Waals surface area contributed by atoms with Crippen LogP contribution < -0.4 is 0 Å². The van der Waals surface area contributed by atoms with E-state index in [1.165, 1.54) is 12.8 Å². The molecular weight excluding hydrogens is 176 g/mol. The van der Waals surface area contributed by atoms with Gasteiger partial charge in [0.05, 0.1) is 6.10 Å². The first-order valence-corrected chi connectivity index (χ1v) is 5.39. The number of unbranched alkanes of at least 4 members (excludes halogenated alkanes) is 1. The molecule has 0 rings (SSSR count). The molecule has 1 nitrogen and oxygen atoms in total. The third-order valence-corrected chi connectivity index (χ3v) is 2.32. The fourth-order valence-electron chi connectivity index (χ4n) is 0.526. The van der Waals surface area contributed by atoms with Crippen molar-refractivity contribution >= 4 is 28.4 Å². The van der Waals surface area contributed by atoms with Crippen LogP contribution in [-0.4, -0.2) is 16.2 Å². The van der Waals surface area contributed by atoms with Crippen molar-refractivity contribution in [2.24, 2.45) is 0 Å². The van der Waals surface area contributed by atoms with Crippen molar-refractivity contribution in [1.82, 2.24) is 0 Å². The molecule has 0 saturated carbocycles. The van der Waals surface area contributed by atoms with Gasteiger partial charge in [0.15, 0.2) is 0 Å². The van der Waals surface area contributed by atoms with Crippen LogP contribution >= 0.6 is 24.0 Å². The van der Waals surface area contributed by atoms with E-state index in [0.717, 1.165) is 5.75 Å². The van der Waals surface area contributed by atoms with Crippen LogP contribution in [0.1, 0.15) is 35.0 Å². The Labute approximate surface area is 80.4 Å². The SMILES string of the molecule is CCCCSC(=S)OC(C)C.[HH]. The molecule has 0 heterocycles.